The third-order valence-electron chi connectivity index (χ3n) is 4.61. The lowest BCUT2D eigenvalue weighted by molar-refractivity contribution is -0.385. The summed E-state index contributed by atoms with van der Waals surface area (Å²) in [6.07, 6.45) is -0.465. The van der Waals surface area contributed by atoms with Crippen LogP contribution in [0.2, 0.25) is 0 Å². The number of anilines is 1. The van der Waals surface area contributed by atoms with Crippen LogP contribution in [-0.2, 0) is 6.54 Å². The Balaban J connectivity index is 1.77. The topological polar surface area (TPSA) is 64.8 Å². The summed E-state index contributed by atoms with van der Waals surface area (Å²) in [7, 11) is 1.63. The van der Waals surface area contributed by atoms with E-state index in [1.807, 2.05) is 54.6 Å². The molecule has 1 unspecified atom stereocenters. The number of non-ortho nitro benzene ring substituents is 1. The number of ether oxygens (including phenoxy) is 2. The highest BCUT2D eigenvalue weighted by atomic mass is 16.6. The third kappa shape index (κ3) is 3.29. The van der Waals surface area contributed by atoms with Gasteiger partial charge in [-0.25, -0.2) is 0 Å². The zero-order valence-corrected chi connectivity index (χ0v) is 14.7. The van der Waals surface area contributed by atoms with E-state index in [1.165, 1.54) is 6.07 Å². The number of hydrogen-bond donors (Lipinski definition) is 0. The van der Waals surface area contributed by atoms with Crippen molar-refractivity contribution in [1.29, 1.82) is 0 Å². The van der Waals surface area contributed by atoms with E-state index in [2.05, 4.69) is 4.90 Å². The predicted molar refractivity (Wildman–Crippen MR) is 102 cm³/mol. The maximum absolute atomic E-state index is 11.2. The van der Waals surface area contributed by atoms with Crippen molar-refractivity contribution in [3.63, 3.8) is 0 Å². The van der Waals surface area contributed by atoms with Crippen LogP contribution in [0.15, 0.2) is 72.8 Å². The van der Waals surface area contributed by atoms with Crippen molar-refractivity contribution in [2.45, 2.75) is 12.8 Å². The molecule has 0 saturated heterocycles. The normalized spacial score (nSPS) is 15.6. The summed E-state index contributed by atoms with van der Waals surface area (Å²) in [5.74, 6) is 1.56. The lowest BCUT2D eigenvalue weighted by atomic mass is 10.1. The van der Waals surface area contributed by atoms with Crippen LogP contribution in [-0.4, -0.2) is 12.0 Å². The molecule has 1 heterocycles. The number of para-hydroxylation sites is 1. The Hall–Kier alpha value is -3.54. The molecule has 0 saturated carbocycles. The Kier molecular flexibility index (Phi) is 4.38. The molecular formula is C21H18N2O4. The van der Waals surface area contributed by atoms with Crippen LogP contribution in [0.4, 0.5) is 11.4 Å². The van der Waals surface area contributed by atoms with Crippen molar-refractivity contribution < 1.29 is 14.4 Å². The number of hydrogen-bond acceptors (Lipinski definition) is 5. The molecule has 0 bridgehead atoms. The zero-order chi connectivity index (χ0) is 18.8. The second kappa shape index (κ2) is 6.99. The molecule has 6 nitrogen and oxygen atoms in total. The summed E-state index contributed by atoms with van der Waals surface area (Å²) < 4.78 is 11.5. The van der Waals surface area contributed by atoms with Crippen molar-refractivity contribution >= 4 is 11.4 Å². The highest BCUT2D eigenvalue weighted by Crippen LogP contribution is 2.39. The first-order valence-electron chi connectivity index (χ1n) is 8.55. The largest absolute Gasteiger partial charge is 0.497 e. The molecule has 1 aliphatic heterocycles. The third-order valence-corrected chi connectivity index (χ3v) is 4.61. The first-order chi connectivity index (χ1) is 13.2. The van der Waals surface area contributed by atoms with E-state index in [0.29, 0.717) is 6.54 Å². The monoisotopic (exact) mass is 362 g/mol. The Morgan fingerprint density at radius 3 is 2.59 bits per heavy atom. The molecule has 3 aromatic rings. The highest BCUT2D eigenvalue weighted by molar-refractivity contribution is 5.54. The number of nitro benzene ring substituents is 1. The SMILES string of the molecule is COc1ccc(N2Cc3ccccc3OC2c2cccc([N+](=O)[O-])c2)cc1. The summed E-state index contributed by atoms with van der Waals surface area (Å²) in [6.45, 7) is 0.635. The molecule has 4 rings (SSSR count). The highest BCUT2D eigenvalue weighted by Gasteiger charge is 2.30. The molecule has 136 valence electrons. The van der Waals surface area contributed by atoms with Gasteiger partial charge in [0.25, 0.3) is 5.69 Å². The standard InChI is InChI=1S/C21H18N2O4/c1-26-19-11-9-17(10-12-19)22-14-16-5-2-3-8-20(16)27-21(22)15-6-4-7-18(13-15)23(24)25/h2-13,21H,14H2,1H3. The molecule has 3 aromatic carbocycles. The van der Waals surface area contributed by atoms with Crippen LogP contribution in [0, 0.1) is 10.1 Å². The van der Waals surface area contributed by atoms with Gasteiger partial charge in [-0.1, -0.05) is 30.3 Å². The average Bonchev–Trinajstić information content (AvgIpc) is 2.73. The van der Waals surface area contributed by atoms with Crippen LogP contribution < -0.4 is 14.4 Å². The van der Waals surface area contributed by atoms with E-state index in [-0.39, 0.29) is 5.69 Å². The van der Waals surface area contributed by atoms with Crippen LogP contribution in [0.1, 0.15) is 17.4 Å². The van der Waals surface area contributed by atoms with Crippen molar-refractivity contribution in [2.75, 3.05) is 12.0 Å². The Morgan fingerprint density at radius 1 is 1.07 bits per heavy atom. The van der Waals surface area contributed by atoms with Crippen LogP contribution >= 0.6 is 0 Å². The van der Waals surface area contributed by atoms with Gasteiger partial charge in [-0.15, -0.1) is 0 Å². The van der Waals surface area contributed by atoms with Gasteiger partial charge in [0.2, 0.25) is 0 Å². The summed E-state index contributed by atoms with van der Waals surface area (Å²) in [6, 6.07) is 22.1. The summed E-state index contributed by atoms with van der Waals surface area (Å²) in [5.41, 5.74) is 2.79. The van der Waals surface area contributed by atoms with Crippen molar-refractivity contribution in [2.24, 2.45) is 0 Å². The first kappa shape index (κ1) is 16.9. The van der Waals surface area contributed by atoms with E-state index < -0.39 is 11.2 Å². The molecule has 0 spiro atoms. The molecule has 0 radical (unpaired) electrons. The molecule has 0 N–H and O–H groups in total. The second-order valence-corrected chi connectivity index (χ2v) is 6.26. The molecular weight excluding hydrogens is 344 g/mol. The van der Waals surface area contributed by atoms with Crippen molar-refractivity contribution in [3.05, 3.63) is 94.0 Å². The number of methoxy groups -OCH3 is 1. The number of fused-ring (bicyclic) bond motifs is 1. The van der Waals surface area contributed by atoms with E-state index in [9.17, 15) is 10.1 Å². The zero-order valence-electron chi connectivity index (χ0n) is 14.7. The number of nitrogens with zero attached hydrogens (tertiary/aromatic N) is 2. The van der Waals surface area contributed by atoms with E-state index >= 15 is 0 Å². The van der Waals surface area contributed by atoms with Crippen LogP contribution in [0.3, 0.4) is 0 Å². The van der Waals surface area contributed by atoms with Gasteiger partial charge in [0.05, 0.1) is 18.6 Å². The van der Waals surface area contributed by atoms with Gasteiger partial charge < -0.3 is 14.4 Å². The van der Waals surface area contributed by atoms with E-state index in [1.54, 1.807) is 19.2 Å². The van der Waals surface area contributed by atoms with Gasteiger partial charge in [-0.3, -0.25) is 10.1 Å². The minimum Gasteiger partial charge on any atom is -0.497 e. The number of benzene rings is 3. The fourth-order valence-electron chi connectivity index (χ4n) is 3.24. The summed E-state index contributed by atoms with van der Waals surface area (Å²) in [5, 5.41) is 11.2. The maximum atomic E-state index is 11.2. The lowest BCUT2D eigenvalue weighted by Gasteiger charge is -2.38. The average molecular weight is 362 g/mol. The van der Waals surface area contributed by atoms with Crippen molar-refractivity contribution in [1.82, 2.24) is 0 Å². The molecule has 1 aliphatic rings. The molecule has 0 aliphatic carbocycles. The van der Waals surface area contributed by atoms with Gasteiger partial charge in [-0.2, -0.15) is 0 Å². The minimum atomic E-state index is -0.465. The first-order valence-corrected chi connectivity index (χ1v) is 8.55. The van der Waals surface area contributed by atoms with E-state index in [4.69, 9.17) is 9.47 Å². The Bertz CT molecular complexity index is 972. The summed E-state index contributed by atoms with van der Waals surface area (Å²) >= 11 is 0. The van der Waals surface area contributed by atoms with Gasteiger partial charge >= 0.3 is 0 Å². The fraction of sp³-hybridized carbons (Fsp3) is 0.143. The summed E-state index contributed by atoms with van der Waals surface area (Å²) in [4.78, 5) is 12.9. The second-order valence-electron chi connectivity index (χ2n) is 6.26. The Labute approximate surface area is 156 Å². The quantitative estimate of drug-likeness (QED) is 0.497. The molecule has 6 heteroatoms. The number of rotatable bonds is 4. The van der Waals surface area contributed by atoms with E-state index in [0.717, 1.165) is 28.3 Å². The molecule has 1 atom stereocenters. The molecule has 0 fully saturated rings. The van der Waals surface area contributed by atoms with Gasteiger partial charge in [-0.05, 0) is 30.3 Å². The smallest absolute Gasteiger partial charge is 0.269 e. The predicted octanol–water partition coefficient (Wildman–Crippen LogP) is 4.70. The minimum absolute atomic E-state index is 0.0460. The molecule has 0 amide bonds. The number of nitro groups is 1. The van der Waals surface area contributed by atoms with Gasteiger partial charge in [0, 0.05) is 28.9 Å². The molecule has 0 aromatic heterocycles. The Morgan fingerprint density at radius 2 is 1.85 bits per heavy atom. The fourth-order valence-corrected chi connectivity index (χ4v) is 3.24. The maximum Gasteiger partial charge on any atom is 0.269 e. The van der Waals surface area contributed by atoms with Gasteiger partial charge in [0.1, 0.15) is 11.5 Å². The lowest BCUT2D eigenvalue weighted by Crippen LogP contribution is -2.36. The van der Waals surface area contributed by atoms with Crippen LogP contribution in [0.5, 0.6) is 11.5 Å². The van der Waals surface area contributed by atoms with Crippen molar-refractivity contribution in [3.8, 4) is 11.5 Å². The van der Waals surface area contributed by atoms with Gasteiger partial charge in [0.15, 0.2) is 6.23 Å². The molecule has 27 heavy (non-hydrogen) atoms. The van der Waals surface area contributed by atoms with Crippen LogP contribution in [0.25, 0.3) is 0 Å².